The van der Waals surface area contributed by atoms with Crippen molar-refractivity contribution >= 4 is 5.91 Å². The van der Waals surface area contributed by atoms with Gasteiger partial charge in [0.05, 0.1) is 0 Å². The zero-order chi connectivity index (χ0) is 13.3. The third kappa shape index (κ3) is 2.27. The Hall–Kier alpha value is -1.35. The van der Waals surface area contributed by atoms with Crippen LogP contribution in [0.15, 0.2) is 30.3 Å². The quantitative estimate of drug-likeness (QED) is 0.824. The van der Waals surface area contributed by atoms with Crippen molar-refractivity contribution in [3.8, 4) is 0 Å². The van der Waals surface area contributed by atoms with Crippen molar-refractivity contribution in [2.75, 3.05) is 6.54 Å². The first kappa shape index (κ1) is 12.7. The zero-order valence-electron chi connectivity index (χ0n) is 11.6. The lowest BCUT2D eigenvalue weighted by Gasteiger charge is -2.24. The van der Waals surface area contributed by atoms with Crippen LogP contribution in [0.4, 0.5) is 0 Å². The molecule has 1 aromatic rings. The molecule has 1 saturated carbocycles. The average molecular weight is 258 g/mol. The Bertz CT molecular complexity index is 453. The molecule has 1 aromatic carbocycles. The number of hydrogen-bond acceptors (Lipinski definition) is 2. The Labute approximate surface area is 115 Å². The largest absolute Gasteiger partial charge is 0.321 e. The average Bonchev–Trinajstić information content (AvgIpc) is 3.17. The zero-order valence-corrected chi connectivity index (χ0v) is 11.6. The summed E-state index contributed by atoms with van der Waals surface area (Å²) in [6.45, 7) is 3.07. The van der Waals surface area contributed by atoms with Crippen LogP contribution in [0.1, 0.15) is 50.8 Å². The molecule has 1 spiro atoms. The van der Waals surface area contributed by atoms with E-state index >= 15 is 0 Å². The Morgan fingerprint density at radius 1 is 1.26 bits per heavy atom. The van der Waals surface area contributed by atoms with Crippen molar-refractivity contribution in [1.29, 1.82) is 0 Å². The van der Waals surface area contributed by atoms with Gasteiger partial charge in [-0.15, -0.1) is 0 Å². The van der Waals surface area contributed by atoms with Gasteiger partial charge in [-0.1, -0.05) is 50.1 Å². The summed E-state index contributed by atoms with van der Waals surface area (Å²) in [5, 5.41) is 3.56. The molecule has 0 bridgehead atoms. The normalized spacial score (nSPS) is 24.2. The number of rotatable bonds is 5. The molecule has 3 nitrogen and oxygen atoms in total. The SMILES string of the molecule is CCCCCN1C(=O)C2(CC2)NC1c1ccccc1. The highest BCUT2D eigenvalue weighted by atomic mass is 16.2. The lowest BCUT2D eigenvalue weighted by Crippen LogP contribution is -2.33. The summed E-state index contributed by atoms with van der Waals surface area (Å²) in [5.41, 5.74) is 0.989. The molecule has 1 atom stereocenters. The highest BCUT2D eigenvalue weighted by Crippen LogP contribution is 2.45. The molecule has 1 saturated heterocycles. The molecule has 3 rings (SSSR count). The van der Waals surface area contributed by atoms with Gasteiger partial charge in [0.15, 0.2) is 0 Å². The van der Waals surface area contributed by atoms with E-state index < -0.39 is 0 Å². The van der Waals surface area contributed by atoms with Gasteiger partial charge in [0.1, 0.15) is 11.7 Å². The van der Waals surface area contributed by atoms with Crippen LogP contribution in [0.2, 0.25) is 0 Å². The minimum Gasteiger partial charge on any atom is -0.321 e. The lowest BCUT2D eigenvalue weighted by molar-refractivity contribution is -0.130. The molecule has 0 aromatic heterocycles. The van der Waals surface area contributed by atoms with Crippen LogP contribution in [-0.4, -0.2) is 22.9 Å². The number of hydrogen-bond donors (Lipinski definition) is 1. The summed E-state index contributed by atoms with van der Waals surface area (Å²) < 4.78 is 0. The lowest BCUT2D eigenvalue weighted by atomic mass is 10.1. The number of nitrogens with zero attached hydrogens (tertiary/aromatic N) is 1. The second kappa shape index (κ2) is 4.97. The van der Waals surface area contributed by atoms with Gasteiger partial charge in [-0.25, -0.2) is 0 Å². The fraction of sp³-hybridized carbons (Fsp3) is 0.562. The number of benzene rings is 1. The van der Waals surface area contributed by atoms with Gasteiger partial charge in [0.25, 0.3) is 0 Å². The number of amides is 1. The molecule has 1 N–H and O–H groups in total. The number of nitrogens with one attached hydrogen (secondary N) is 1. The summed E-state index contributed by atoms with van der Waals surface area (Å²) in [5.74, 6) is 0.317. The predicted octanol–water partition coefficient (Wildman–Crippen LogP) is 2.84. The molecule has 0 radical (unpaired) electrons. The van der Waals surface area contributed by atoms with E-state index in [-0.39, 0.29) is 11.7 Å². The summed E-state index contributed by atoms with van der Waals surface area (Å²) in [6, 6.07) is 10.3. The molecule has 2 fully saturated rings. The smallest absolute Gasteiger partial charge is 0.244 e. The fourth-order valence-corrected chi connectivity index (χ4v) is 2.94. The second-order valence-corrected chi connectivity index (χ2v) is 5.75. The van der Waals surface area contributed by atoms with Gasteiger partial charge in [-0.05, 0) is 24.8 Å². The number of carbonyl (C=O) groups is 1. The van der Waals surface area contributed by atoms with Crippen LogP contribution in [-0.2, 0) is 4.79 Å². The third-order valence-electron chi connectivity index (χ3n) is 4.26. The topological polar surface area (TPSA) is 32.3 Å². The first-order valence-corrected chi connectivity index (χ1v) is 7.40. The maximum atomic E-state index is 12.5. The maximum absolute atomic E-state index is 12.5. The highest BCUT2D eigenvalue weighted by Gasteiger charge is 2.59. The van der Waals surface area contributed by atoms with Crippen LogP contribution in [0, 0.1) is 0 Å². The van der Waals surface area contributed by atoms with Gasteiger partial charge in [-0.3, -0.25) is 10.1 Å². The summed E-state index contributed by atoms with van der Waals surface area (Å²) in [7, 11) is 0. The van der Waals surface area contributed by atoms with Gasteiger partial charge in [0.2, 0.25) is 5.91 Å². The van der Waals surface area contributed by atoms with E-state index in [9.17, 15) is 4.79 Å². The van der Waals surface area contributed by atoms with Crippen LogP contribution >= 0.6 is 0 Å². The molecular formula is C16H22N2O. The Morgan fingerprint density at radius 2 is 2.00 bits per heavy atom. The minimum atomic E-state index is -0.216. The van der Waals surface area contributed by atoms with Gasteiger partial charge in [-0.2, -0.15) is 0 Å². The van der Waals surface area contributed by atoms with Crippen molar-refractivity contribution in [2.24, 2.45) is 0 Å². The molecule has 19 heavy (non-hydrogen) atoms. The summed E-state index contributed by atoms with van der Waals surface area (Å²) >= 11 is 0. The van der Waals surface area contributed by atoms with Gasteiger partial charge in [0, 0.05) is 6.54 Å². The van der Waals surface area contributed by atoms with E-state index in [1.54, 1.807) is 0 Å². The maximum Gasteiger partial charge on any atom is 0.244 e. The standard InChI is InChI=1S/C16H22N2O/c1-2-3-7-12-18-14(13-8-5-4-6-9-13)17-16(10-11-16)15(18)19/h4-6,8-9,14,17H,2-3,7,10-12H2,1H3. The molecule has 1 heterocycles. The van der Waals surface area contributed by atoms with E-state index in [4.69, 9.17) is 0 Å². The molecule has 2 aliphatic rings. The van der Waals surface area contributed by atoms with Crippen molar-refractivity contribution in [1.82, 2.24) is 10.2 Å². The molecule has 1 aliphatic heterocycles. The molecular weight excluding hydrogens is 236 g/mol. The summed E-state index contributed by atoms with van der Waals surface area (Å²) in [4.78, 5) is 14.6. The fourth-order valence-electron chi connectivity index (χ4n) is 2.94. The highest BCUT2D eigenvalue weighted by molar-refractivity contribution is 5.92. The van der Waals surface area contributed by atoms with Crippen LogP contribution in [0.5, 0.6) is 0 Å². The van der Waals surface area contributed by atoms with Crippen molar-refractivity contribution in [2.45, 2.75) is 50.7 Å². The van der Waals surface area contributed by atoms with Gasteiger partial charge >= 0.3 is 0 Å². The molecule has 1 aliphatic carbocycles. The third-order valence-corrected chi connectivity index (χ3v) is 4.26. The first-order valence-electron chi connectivity index (χ1n) is 7.40. The Balaban J connectivity index is 1.78. The van der Waals surface area contributed by atoms with Crippen LogP contribution in [0.25, 0.3) is 0 Å². The van der Waals surface area contributed by atoms with Crippen molar-refractivity contribution < 1.29 is 4.79 Å². The Morgan fingerprint density at radius 3 is 2.63 bits per heavy atom. The predicted molar refractivity (Wildman–Crippen MR) is 75.5 cm³/mol. The number of unbranched alkanes of at least 4 members (excludes halogenated alkanes) is 2. The van der Waals surface area contributed by atoms with Gasteiger partial charge < -0.3 is 4.90 Å². The van der Waals surface area contributed by atoms with E-state index in [0.29, 0.717) is 5.91 Å². The van der Waals surface area contributed by atoms with E-state index in [2.05, 4.69) is 29.3 Å². The first-order chi connectivity index (χ1) is 9.27. The van der Waals surface area contributed by atoms with Crippen molar-refractivity contribution in [3.05, 3.63) is 35.9 Å². The van der Waals surface area contributed by atoms with Crippen LogP contribution < -0.4 is 5.32 Å². The monoisotopic (exact) mass is 258 g/mol. The molecule has 3 heteroatoms. The molecule has 102 valence electrons. The number of carbonyl (C=O) groups excluding carboxylic acids is 1. The van der Waals surface area contributed by atoms with E-state index in [1.807, 2.05) is 18.2 Å². The second-order valence-electron chi connectivity index (χ2n) is 5.75. The molecule has 1 amide bonds. The summed E-state index contributed by atoms with van der Waals surface area (Å²) in [6.07, 6.45) is 5.56. The van der Waals surface area contributed by atoms with E-state index in [1.165, 1.54) is 18.4 Å². The van der Waals surface area contributed by atoms with E-state index in [0.717, 1.165) is 25.8 Å². The molecule has 1 unspecified atom stereocenters. The Kier molecular flexibility index (Phi) is 3.31. The van der Waals surface area contributed by atoms with Crippen LogP contribution in [0.3, 0.4) is 0 Å². The van der Waals surface area contributed by atoms with Crippen molar-refractivity contribution in [3.63, 3.8) is 0 Å². The minimum absolute atomic E-state index is 0.0769.